The second-order valence-corrected chi connectivity index (χ2v) is 2.73. The molecule has 0 saturated carbocycles. The van der Waals surface area contributed by atoms with Crippen molar-refractivity contribution in [3.63, 3.8) is 0 Å². The average molecular weight is 171 g/mol. The second kappa shape index (κ2) is 6.85. The van der Waals surface area contributed by atoms with Crippen LogP contribution in [0.4, 0.5) is 0 Å². The highest BCUT2D eigenvalue weighted by Crippen LogP contribution is 1.90. The smallest absolute Gasteiger partial charge is 0.332 e. The quantitative estimate of drug-likeness (QED) is 0.474. The molecule has 0 aliphatic carbocycles. The molecule has 1 fully saturated rings. The highest BCUT2D eigenvalue weighted by molar-refractivity contribution is 5.86. The van der Waals surface area contributed by atoms with Crippen LogP contribution in [0.1, 0.15) is 19.8 Å². The van der Waals surface area contributed by atoms with E-state index in [-0.39, 0.29) is 5.97 Å². The lowest BCUT2D eigenvalue weighted by molar-refractivity contribution is -0.136. The molecule has 0 aromatic heterocycles. The number of hydrogen-bond donors (Lipinski definition) is 1. The molecule has 12 heavy (non-hydrogen) atoms. The maximum Gasteiger partial charge on any atom is 0.332 e. The van der Waals surface area contributed by atoms with Gasteiger partial charge >= 0.3 is 5.97 Å². The van der Waals surface area contributed by atoms with Crippen LogP contribution in [0.5, 0.6) is 0 Å². The van der Waals surface area contributed by atoms with Gasteiger partial charge in [0.15, 0.2) is 0 Å². The first-order valence-electron chi connectivity index (χ1n) is 4.13. The van der Waals surface area contributed by atoms with Gasteiger partial charge in [-0.2, -0.15) is 0 Å². The number of esters is 1. The molecular formula is C9H17NO2. The van der Waals surface area contributed by atoms with Gasteiger partial charge < -0.3 is 10.1 Å². The molecule has 1 heterocycles. The Balaban J connectivity index is 0.000000211. The third-order valence-electron chi connectivity index (χ3n) is 1.49. The van der Waals surface area contributed by atoms with E-state index in [2.05, 4.69) is 16.6 Å². The van der Waals surface area contributed by atoms with Crippen LogP contribution in [0.15, 0.2) is 12.2 Å². The predicted octanol–water partition coefficient (Wildman–Crippen LogP) is 1.11. The summed E-state index contributed by atoms with van der Waals surface area (Å²) < 4.78 is 4.27. The van der Waals surface area contributed by atoms with E-state index >= 15 is 0 Å². The van der Waals surface area contributed by atoms with E-state index in [1.54, 1.807) is 6.92 Å². The van der Waals surface area contributed by atoms with Crippen molar-refractivity contribution in [1.82, 2.24) is 5.32 Å². The van der Waals surface area contributed by atoms with Gasteiger partial charge in [0.1, 0.15) is 0 Å². The third kappa shape index (κ3) is 5.92. The molecule has 70 valence electrons. The molecule has 0 bridgehead atoms. The van der Waals surface area contributed by atoms with E-state index in [0.29, 0.717) is 5.57 Å². The zero-order chi connectivity index (χ0) is 9.40. The summed E-state index contributed by atoms with van der Waals surface area (Å²) >= 11 is 0. The van der Waals surface area contributed by atoms with Gasteiger partial charge in [0.2, 0.25) is 0 Å². The molecule has 0 atom stereocenters. The molecular weight excluding hydrogens is 154 g/mol. The number of carbonyl (C=O) groups is 1. The van der Waals surface area contributed by atoms with Crippen LogP contribution < -0.4 is 5.32 Å². The van der Waals surface area contributed by atoms with Crippen molar-refractivity contribution in [2.24, 2.45) is 0 Å². The molecule has 1 aliphatic heterocycles. The standard InChI is InChI=1S/C5H8O2.C4H9N/c1-4(2)5(6)7-3;1-2-4-5-3-1/h1H2,2-3H3;5H,1-4H2. The van der Waals surface area contributed by atoms with Crippen molar-refractivity contribution >= 4 is 5.97 Å². The summed E-state index contributed by atoms with van der Waals surface area (Å²) in [6.45, 7) is 7.45. The van der Waals surface area contributed by atoms with Gasteiger partial charge in [-0.05, 0) is 32.9 Å². The molecule has 0 radical (unpaired) electrons. The summed E-state index contributed by atoms with van der Waals surface area (Å²) in [5.41, 5.74) is 0.433. The molecule has 3 heteroatoms. The lowest BCUT2D eigenvalue weighted by Crippen LogP contribution is -2.03. The number of hydrogen-bond acceptors (Lipinski definition) is 3. The fourth-order valence-corrected chi connectivity index (χ4v) is 0.799. The monoisotopic (exact) mass is 171 g/mol. The molecule has 0 amide bonds. The SMILES string of the molecule is C1CCNC1.C=C(C)C(=O)OC. The predicted molar refractivity (Wildman–Crippen MR) is 48.9 cm³/mol. The highest BCUT2D eigenvalue weighted by atomic mass is 16.5. The molecule has 1 N–H and O–H groups in total. The molecule has 3 nitrogen and oxygen atoms in total. The summed E-state index contributed by atoms with van der Waals surface area (Å²) in [6, 6.07) is 0. The maximum atomic E-state index is 10.2. The van der Waals surface area contributed by atoms with E-state index in [4.69, 9.17) is 0 Å². The van der Waals surface area contributed by atoms with E-state index in [1.807, 2.05) is 0 Å². The lowest BCUT2D eigenvalue weighted by Gasteiger charge is -1.91. The van der Waals surface area contributed by atoms with Crippen molar-refractivity contribution < 1.29 is 9.53 Å². The minimum atomic E-state index is -0.347. The number of carbonyl (C=O) groups excluding carboxylic acids is 1. The summed E-state index contributed by atoms with van der Waals surface area (Å²) in [6.07, 6.45) is 2.78. The first-order valence-corrected chi connectivity index (χ1v) is 4.13. The molecule has 0 unspecified atom stereocenters. The van der Waals surface area contributed by atoms with Crippen molar-refractivity contribution in [2.75, 3.05) is 20.2 Å². The first-order chi connectivity index (χ1) is 5.68. The summed E-state index contributed by atoms with van der Waals surface area (Å²) in [4.78, 5) is 10.2. The Hall–Kier alpha value is -0.830. The van der Waals surface area contributed by atoms with Crippen molar-refractivity contribution in [2.45, 2.75) is 19.8 Å². The van der Waals surface area contributed by atoms with Crippen LogP contribution in [-0.4, -0.2) is 26.2 Å². The van der Waals surface area contributed by atoms with Crippen LogP contribution >= 0.6 is 0 Å². The van der Waals surface area contributed by atoms with Gasteiger partial charge in [-0.25, -0.2) is 4.79 Å². The molecule has 0 aromatic carbocycles. The first kappa shape index (κ1) is 11.2. The van der Waals surface area contributed by atoms with Crippen molar-refractivity contribution in [3.8, 4) is 0 Å². The van der Waals surface area contributed by atoms with Crippen LogP contribution in [0.25, 0.3) is 0 Å². The molecule has 1 rings (SSSR count). The Labute approximate surface area is 73.8 Å². The van der Waals surface area contributed by atoms with Gasteiger partial charge in [-0.3, -0.25) is 0 Å². The van der Waals surface area contributed by atoms with Crippen LogP contribution in [-0.2, 0) is 9.53 Å². The maximum absolute atomic E-state index is 10.2. The van der Waals surface area contributed by atoms with Crippen molar-refractivity contribution in [1.29, 1.82) is 0 Å². The lowest BCUT2D eigenvalue weighted by atomic mass is 10.4. The van der Waals surface area contributed by atoms with E-state index in [1.165, 1.54) is 33.0 Å². The van der Waals surface area contributed by atoms with Gasteiger partial charge in [-0.1, -0.05) is 6.58 Å². The summed E-state index contributed by atoms with van der Waals surface area (Å²) in [5.74, 6) is -0.347. The Morgan fingerprint density at radius 2 is 1.92 bits per heavy atom. The van der Waals surface area contributed by atoms with E-state index in [0.717, 1.165) is 0 Å². The Morgan fingerprint density at radius 3 is 2.00 bits per heavy atom. The Morgan fingerprint density at radius 1 is 1.42 bits per heavy atom. The van der Waals surface area contributed by atoms with E-state index in [9.17, 15) is 4.79 Å². The Bertz CT molecular complexity index is 143. The number of ether oxygens (including phenoxy) is 1. The zero-order valence-electron chi connectivity index (χ0n) is 7.85. The number of nitrogens with one attached hydrogen (secondary N) is 1. The minimum absolute atomic E-state index is 0.347. The topological polar surface area (TPSA) is 38.3 Å². The minimum Gasteiger partial charge on any atom is -0.466 e. The number of methoxy groups -OCH3 is 1. The normalized spacial score (nSPS) is 14.5. The van der Waals surface area contributed by atoms with Crippen molar-refractivity contribution in [3.05, 3.63) is 12.2 Å². The zero-order valence-corrected chi connectivity index (χ0v) is 7.85. The van der Waals surface area contributed by atoms with Crippen LogP contribution in [0.3, 0.4) is 0 Å². The number of rotatable bonds is 1. The van der Waals surface area contributed by atoms with Gasteiger partial charge in [0.25, 0.3) is 0 Å². The largest absolute Gasteiger partial charge is 0.466 e. The van der Waals surface area contributed by atoms with Gasteiger partial charge in [-0.15, -0.1) is 0 Å². The summed E-state index contributed by atoms with van der Waals surface area (Å²) in [5, 5.41) is 3.22. The fourth-order valence-electron chi connectivity index (χ4n) is 0.799. The average Bonchev–Trinajstić information content (AvgIpc) is 2.59. The fraction of sp³-hybridized carbons (Fsp3) is 0.667. The Kier molecular flexibility index (Phi) is 6.38. The molecule has 0 spiro atoms. The van der Waals surface area contributed by atoms with Crippen LogP contribution in [0.2, 0.25) is 0 Å². The third-order valence-corrected chi connectivity index (χ3v) is 1.49. The van der Waals surface area contributed by atoms with Crippen LogP contribution in [0, 0.1) is 0 Å². The highest BCUT2D eigenvalue weighted by Gasteiger charge is 1.95. The second-order valence-electron chi connectivity index (χ2n) is 2.73. The van der Waals surface area contributed by atoms with E-state index < -0.39 is 0 Å². The molecule has 1 aliphatic rings. The molecule has 0 aromatic rings. The molecule has 1 saturated heterocycles. The summed E-state index contributed by atoms with van der Waals surface area (Å²) in [7, 11) is 1.33. The van der Waals surface area contributed by atoms with Gasteiger partial charge in [0, 0.05) is 5.57 Å². The van der Waals surface area contributed by atoms with Gasteiger partial charge in [0.05, 0.1) is 7.11 Å².